The number of halogens is 4. The van der Waals surface area contributed by atoms with Crippen molar-refractivity contribution in [2.45, 2.75) is 12.7 Å². The molecule has 0 spiro atoms. The number of carbonyl (C=O) groups is 1. The number of hydrogen-bond donors (Lipinski definition) is 1. The van der Waals surface area contributed by atoms with Gasteiger partial charge in [0.15, 0.2) is 0 Å². The van der Waals surface area contributed by atoms with Gasteiger partial charge in [-0.05, 0) is 30.3 Å². The highest BCUT2D eigenvalue weighted by molar-refractivity contribution is 5.90. The summed E-state index contributed by atoms with van der Waals surface area (Å²) in [5.41, 5.74) is -1.38. The molecule has 0 atom stereocenters. The van der Waals surface area contributed by atoms with Crippen molar-refractivity contribution in [2.24, 2.45) is 0 Å². The maximum Gasteiger partial charge on any atom is 0.419 e. The van der Waals surface area contributed by atoms with Gasteiger partial charge in [0.1, 0.15) is 18.1 Å². The van der Waals surface area contributed by atoms with Crippen LogP contribution >= 0.6 is 0 Å². The summed E-state index contributed by atoms with van der Waals surface area (Å²) in [4.78, 5) is 28.6. The SMILES string of the molecule is COc1ccccc1-c1cc(=O)n(CC(=O)Nc2ccc(F)c(C(F)(F)F)c2)cn1. The van der Waals surface area contributed by atoms with E-state index in [4.69, 9.17) is 4.74 Å². The minimum absolute atomic E-state index is 0.250. The van der Waals surface area contributed by atoms with Gasteiger partial charge in [-0.3, -0.25) is 14.2 Å². The first-order chi connectivity index (χ1) is 14.2. The second kappa shape index (κ2) is 8.36. The number of carbonyl (C=O) groups excluding carboxylic acids is 1. The van der Waals surface area contributed by atoms with Gasteiger partial charge in [0.25, 0.3) is 5.56 Å². The van der Waals surface area contributed by atoms with Crippen molar-refractivity contribution in [1.29, 1.82) is 0 Å². The smallest absolute Gasteiger partial charge is 0.419 e. The molecule has 0 aliphatic carbocycles. The highest BCUT2D eigenvalue weighted by Crippen LogP contribution is 2.33. The average molecular weight is 421 g/mol. The van der Waals surface area contributed by atoms with Crippen LogP contribution in [0.2, 0.25) is 0 Å². The topological polar surface area (TPSA) is 73.2 Å². The number of rotatable bonds is 5. The van der Waals surface area contributed by atoms with Gasteiger partial charge in [-0.25, -0.2) is 9.37 Å². The van der Waals surface area contributed by atoms with Crippen LogP contribution in [0.25, 0.3) is 11.3 Å². The van der Waals surface area contributed by atoms with E-state index in [1.54, 1.807) is 24.3 Å². The maximum atomic E-state index is 13.3. The monoisotopic (exact) mass is 421 g/mol. The van der Waals surface area contributed by atoms with Gasteiger partial charge in [-0.2, -0.15) is 13.2 Å². The molecule has 0 saturated carbocycles. The van der Waals surface area contributed by atoms with Gasteiger partial charge in [-0.1, -0.05) is 12.1 Å². The summed E-state index contributed by atoms with van der Waals surface area (Å²) in [6, 6.07) is 10.2. The molecular formula is C20H15F4N3O3. The fourth-order valence-electron chi connectivity index (χ4n) is 2.72. The minimum Gasteiger partial charge on any atom is -0.496 e. The lowest BCUT2D eigenvalue weighted by molar-refractivity contribution is -0.140. The summed E-state index contributed by atoms with van der Waals surface area (Å²) in [7, 11) is 1.48. The zero-order chi connectivity index (χ0) is 21.9. The van der Waals surface area contributed by atoms with Crippen molar-refractivity contribution >= 4 is 11.6 Å². The number of methoxy groups -OCH3 is 1. The second-order valence-corrected chi connectivity index (χ2v) is 6.18. The van der Waals surface area contributed by atoms with Crippen molar-refractivity contribution in [2.75, 3.05) is 12.4 Å². The van der Waals surface area contributed by atoms with Crippen molar-refractivity contribution < 1.29 is 27.1 Å². The summed E-state index contributed by atoms with van der Waals surface area (Å²) in [6.45, 7) is -0.489. The molecule has 30 heavy (non-hydrogen) atoms. The largest absolute Gasteiger partial charge is 0.496 e. The van der Waals surface area contributed by atoms with E-state index in [0.29, 0.717) is 29.1 Å². The summed E-state index contributed by atoms with van der Waals surface area (Å²) in [5, 5.41) is 2.21. The van der Waals surface area contributed by atoms with Crippen LogP contribution in [0.3, 0.4) is 0 Å². The van der Waals surface area contributed by atoms with E-state index in [1.165, 1.54) is 13.2 Å². The molecule has 0 saturated heterocycles. The van der Waals surface area contributed by atoms with Gasteiger partial charge in [0.05, 0.1) is 24.7 Å². The molecular weight excluding hydrogens is 406 g/mol. The third kappa shape index (κ3) is 4.65. The minimum atomic E-state index is -4.90. The molecule has 3 aromatic rings. The lowest BCUT2D eigenvalue weighted by atomic mass is 10.1. The standard InChI is InChI=1S/C20H15F4N3O3/c1-30-17-5-3-2-4-13(17)16-9-19(29)27(11-25-16)10-18(28)26-12-6-7-15(21)14(8-12)20(22,23)24/h2-9,11H,10H2,1H3,(H,26,28). The number of aromatic nitrogens is 2. The Morgan fingerprint density at radius 2 is 1.90 bits per heavy atom. The first-order valence-corrected chi connectivity index (χ1v) is 8.55. The van der Waals surface area contributed by atoms with Crippen LogP contribution in [0.4, 0.5) is 23.2 Å². The Labute approximate surface area is 167 Å². The number of anilines is 1. The molecule has 1 heterocycles. The Balaban J connectivity index is 1.77. The van der Waals surface area contributed by atoms with Crippen LogP contribution in [0.5, 0.6) is 5.75 Å². The average Bonchev–Trinajstić information content (AvgIpc) is 2.70. The van der Waals surface area contributed by atoms with Crippen LogP contribution in [-0.2, 0) is 17.5 Å². The summed E-state index contributed by atoms with van der Waals surface area (Å²) in [5.74, 6) is -1.71. The van der Waals surface area contributed by atoms with Crippen molar-refractivity contribution in [1.82, 2.24) is 9.55 Å². The van der Waals surface area contributed by atoms with Gasteiger partial charge in [0.2, 0.25) is 5.91 Å². The van der Waals surface area contributed by atoms with Gasteiger partial charge < -0.3 is 10.1 Å². The van der Waals surface area contributed by atoms with E-state index in [9.17, 15) is 27.2 Å². The lowest BCUT2D eigenvalue weighted by Crippen LogP contribution is -2.27. The van der Waals surface area contributed by atoms with E-state index in [2.05, 4.69) is 10.3 Å². The number of benzene rings is 2. The molecule has 0 aliphatic heterocycles. The molecule has 1 N–H and O–H groups in total. The van der Waals surface area contributed by atoms with Crippen molar-refractivity contribution in [3.63, 3.8) is 0 Å². The molecule has 0 fully saturated rings. The first-order valence-electron chi connectivity index (χ1n) is 8.55. The van der Waals surface area contributed by atoms with Crippen LogP contribution in [0, 0.1) is 5.82 Å². The molecule has 0 aliphatic rings. The quantitative estimate of drug-likeness (QED) is 0.638. The molecule has 6 nitrogen and oxygen atoms in total. The fourth-order valence-corrected chi connectivity index (χ4v) is 2.72. The maximum absolute atomic E-state index is 13.3. The van der Waals surface area contributed by atoms with Gasteiger partial charge in [0, 0.05) is 17.3 Å². The molecule has 1 aromatic heterocycles. The Bertz CT molecular complexity index is 1140. The molecule has 2 aromatic carbocycles. The van der Waals surface area contributed by atoms with Gasteiger partial charge >= 0.3 is 6.18 Å². The van der Waals surface area contributed by atoms with Gasteiger partial charge in [-0.15, -0.1) is 0 Å². The molecule has 0 bridgehead atoms. The molecule has 3 rings (SSSR count). The van der Waals surface area contributed by atoms with Crippen LogP contribution in [-0.4, -0.2) is 22.6 Å². The third-order valence-electron chi connectivity index (χ3n) is 4.13. The number of alkyl halides is 3. The summed E-state index contributed by atoms with van der Waals surface area (Å²) < 4.78 is 57.9. The second-order valence-electron chi connectivity index (χ2n) is 6.18. The Kier molecular flexibility index (Phi) is 5.86. The Hall–Kier alpha value is -3.69. The van der Waals surface area contributed by atoms with Crippen molar-refractivity contribution in [3.05, 3.63) is 76.6 Å². The van der Waals surface area contributed by atoms with Crippen LogP contribution in [0.1, 0.15) is 5.56 Å². The summed E-state index contributed by atoms with van der Waals surface area (Å²) in [6.07, 6.45) is -3.75. The number of amides is 1. The molecule has 156 valence electrons. The number of hydrogen-bond acceptors (Lipinski definition) is 4. The number of ether oxygens (including phenoxy) is 1. The predicted molar refractivity (Wildman–Crippen MR) is 101 cm³/mol. The normalized spacial score (nSPS) is 11.2. The van der Waals surface area contributed by atoms with E-state index in [0.717, 1.165) is 17.0 Å². The number of para-hydroxylation sites is 1. The predicted octanol–water partition coefficient (Wildman–Crippen LogP) is 3.72. The molecule has 10 heteroatoms. The fraction of sp³-hybridized carbons (Fsp3) is 0.150. The highest BCUT2D eigenvalue weighted by Gasteiger charge is 2.34. The van der Waals surface area contributed by atoms with Crippen LogP contribution < -0.4 is 15.6 Å². The molecule has 1 amide bonds. The Morgan fingerprint density at radius 3 is 2.57 bits per heavy atom. The molecule has 0 unspecified atom stereocenters. The highest BCUT2D eigenvalue weighted by atomic mass is 19.4. The zero-order valence-electron chi connectivity index (χ0n) is 15.5. The van der Waals surface area contributed by atoms with E-state index < -0.39 is 35.6 Å². The first kappa shape index (κ1) is 21.0. The lowest BCUT2D eigenvalue weighted by Gasteiger charge is -2.12. The zero-order valence-corrected chi connectivity index (χ0v) is 15.5. The molecule has 0 radical (unpaired) electrons. The van der Waals surface area contributed by atoms with E-state index in [1.807, 2.05) is 0 Å². The van der Waals surface area contributed by atoms with Crippen molar-refractivity contribution in [3.8, 4) is 17.0 Å². The third-order valence-corrected chi connectivity index (χ3v) is 4.13. The summed E-state index contributed by atoms with van der Waals surface area (Å²) >= 11 is 0. The van der Waals surface area contributed by atoms with E-state index in [-0.39, 0.29) is 5.69 Å². The number of nitrogens with zero attached hydrogens (tertiary/aromatic N) is 2. The van der Waals surface area contributed by atoms with Crippen LogP contribution in [0.15, 0.2) is 59.7 Å². The Morgan fingerprint density at radius 1 is 1.17 bits per heavy atom. The van der Waals surface area contributed by atoms with E-state index >= 15 is 0 Å². The number of nitrogens with one attached hydrogen (secondary N) is 1.